The summed E-state index contributed by atoms with van der Waals surface area (Å²) in [5.74, 6) is -0.427. The summed E-state index contributed by atoms with van der Waals surface area (Å²) in [6.07, 6.45) is 0. The largest absolute Gasteiger partial charge is 0.350 e. The van der Waals surface area contributed by atoms with Crippen LogP contribution in [-0.4, -0.2) is 23.0 Å². The standard InChI is InChI=1S/C19H20BrN3O2S/c1-11(2)21-17(24)13-6-8-15(9-7-13)22-19(26)23-18(25)14-5-4-12(3)16(20)10-14/h4-11H,1-3H3,(H,21,24)(H2,22,23,25,26). The highest BCUT2D eigenvalue weighted by Gasteiger charge is 2.10. The highest BCUT2D eigenvalue weighted by molar-refractivity contribution is 9.10. The third kappa shape index (κ3) is 5.64. The molecular formula is C19H20BrN3O2S. The zero-order valence-electron chi connectivity index (χ0n) is 14.7. The number of aryl methyl sites for hydroxylation is 1. The molecule has 136 valence electrons. The molecule has 0 aromatic heterocycles. The minimum absolute atomic E-state index is 0.0740. The first kappa shape index (κ1) is 20.1. The van der Waals surface area contributed by atoms with Gasteiger partial charge in [-0.1, -0.05) is 22.0 Å². The Bertz CT molecular complexity index is 835. The number of rotatable bonds is 4. The van der Waals surface area contributed by atoms with Crippen LogP contribution in [0.25, 0.3) is 0 Å². The summed E-state index contributed by atoms with van der Waals surface area (Å²) in [4.78, 5) is 24.2. The van der Waals surface area contributed by atoms with Crippen molar-refractivity contribution < 1.29 is 9.59 Å². The van der Waals surface area contributed by atoms with E-state index >= 15 is 0 Å². The number of hydrogen-bond acceptors (Lipinski definition) is 3. The van der Waals surface area contributed by atoms with Crippen molar-refractivity contribution in [1.29, 1.82) is 0 Å². The summed E-state index contributed by atoms with van der Waals surface area (Å²) in [5, 5.41) is 8.58. The molecule has 2 rings (SSSR count). The first-order chi connectivity index (χ1) is 12.3. The summed E-state index contributed by atoms with van der Waals surface area (Å²) >= 11 is 8.58. The molecule has 0 aliphatic heterocycles. The number of halogens is 1. The summed E-state index contributed by atoms with van der Waals surface area (Å²) in [6.45, 7) is 5.76. The fourth-order valence-corrected chi connectivity index (χ4v) is 2.71. The molecular weight excluding hydrogens is 414 g/mol. The highest BCUT2D eigenvalue weighted by atomic mass is 79.9. The third-order valence-corrected chi connectivity index (χ3v) is 4.54. The maximum Gasteiger partial charge on any atom is 0.257 e. The second-order valence-corrected chi connectivity index (χ2v) is 7.34. The summed E-state index contributed by atoms with van der Waals surface area (Å²) in [6, 6.07) is 12.3. The molecule has 3 N–H and O–H groups in total. The van der Waals surface area contributed by atoms with Crippen LogP contribution in [0.15, 0.2) is 46.9 Å². The van der Waals surface area contributed by atoms with Crippen molar-refractivity contribution in [1.82, 2.24) is 10.6 Å². The summed E-state index contributed by atoms with van der Waals surface area (Å²) in [5.41, 5.74) is 2.79. The lowest BCUT2D eigenvalue weighted by Gasteiger charge is -2.11. The number of amides is 2. The second kappa shape index (κ2) is 8.91. The first-order valence-electron chi connectivity index (χ1n) is 8.05. The van der Waals surface area contributed by atoms with E-state index in [0.29, 0.717) is 16.8 Å². The molecule has 0 radical (unpaired) electrons. The smallest absolute Gasteiger partial charge is 0.257 e. The fraction of sp³-hybridized carbons (Fsp3) is 0.211. The monoisotopic (exact) mass is 433 g/mol. The number of carbonyl (C=O) groups excluding carboxylic acids is 2. The maximum absolute atomic E-state index is 12.2. The van der Waals surface area contributed by atoms with Crippen molar-refractivity contribution in [2.75, 3.05) is 5.32 Å². The van der Waals surface area contributed by atoms with Gasteiger partial charge in [-0.2, -0.15) is 0 Å². The van der Waals surface area contributed by atoms with Crippen molar-refractivity contribution in [2.24, 2.45) is 0 Å². The van der Waals surface area contributed by atoms with Gasteiger partial charge < -0.3 is 10.6 Å². The number of anilines is 1. The molecule has 2 aromatic rings. The molecule has 0 spiro atoms. The third-order valence-electron chi connectivity index (χ3n) is 3.49. The van der Waals surface area contributed by atoms with E-state index in [1.807, 2.05) is 26.8 Å². The van der Waals surface area contributed by atoms with Crippen LogP contribution in [0.2, 0.25) is 0 Å². The highest BCUT2D eigenvalue weighted by Crippen LogP contribution is 2.17. The van der Waals surface area contributed by atoms with E-state index in [2.05, 4.69) is 31.9 Å². The molecule has 0 heterocycles. The molecule has 26 heavy (non-hydrogen) atoms. The lowest BCUT2D eigenvalue weighted by Crippen LogP contribution is -2.34. The van der Waals surface area contributed by atoms with E-state index in [0.717, 1.165) is 10.0 Å². The number of nitrogens with one attached hydrogen (secondary N) is 3. The van der Waals surface area contributed by atoms with Crippen LogP contribution in [0.4, 0.5) is 5.69 Å². The molecule has 0 fully saturated rings. The molecule has 0 aliphatic carbocycles. The topological polar surface area (TPSA) is 70.2 Å². The summed E-state index contributed by atoms with van der Waals surface area (Å²) in [7, 11) is 0. The van der Waals surface area contributed by atoms with Gasteiger partial charge in [-0.05, 0) is 75.0 Å². The van der Waals surface area contributed by atoms with E-state index in [1.165, 1.54) is 0 Å². The van der Waals surface area contributed by atoms with E-state index < -0.39 is 0 Å². The molecule has 2 aromatic carbocycles. The molecule has 0 aliphatic rings. The lowest BCUT2D eigenvalue weighted by atomic mass is 10.1. The predicted molar refractivity (Wildman–Crippen MR) is 112 cm³/mol. The lowest BCUT2D eigenvalue weighted by molar-refractivity contribution is 0.0941. The van der Waals surface area contributed by atoms with Crippen molar-refractivity contribution in [2.45, 2.75) is 26.8 Å². The Labute approximate surface area is 166 Å². The zero-order valence-corrected chi connectivity index (χ0v) is 17.1. The van der Waals surface area contributed by atoms with E-state index in [9.17, 15) is 9.59 Å². The molecule has 0 atom stereocenters. The van der Waals surface area contributed by atoms with Gasteiger partial charge in [0.25, 0.3) is 11.8 Å². The molecule has 0 saturated carbocycles. The van der Waals surface area contributed by atoms with Gasteiger partial charge in [-0.15, -0.1) is 0 Å². The van der Waals surface area contributed by atoms with Gasteiger partial charge in [0.2, 0.25) is 0 Å². The molecule has 0 saturated heterocycles. The van der Waals surface area contributed by atoms with E-state index in [4.69, 9.17) is 12.2 Å². The average Bonchev–Trinajstić information content (AvgIpc) is 2.57. The van der Waals surface area contributed by atoms with Crippen LogP contribution in [-0.2, 0) is 0 Å². The Balaban J connectivity index is 1.95. The molecule has 5 nitrogen and oxygen atoms in total. The van der Waals surface area contributed by atoms with Gasteiger partial charge in [0.05, 0.1) is 0 Å². The Morgan fingerprint density at radius 1 is 1.00 bits per heavy atom. The quantitative estimate of drug-likeness (QED) is 0.636. The van der Waals surface area contributed by atoms with Gasteiger partial charge in [0, 0.05) is 27.3 Å². The molecule has 0 bridgehead atoms. The normalized spacial score (nSPS) is 10.3. The summed E-state index contributed by atoms with van der Waals surface area (Å²) < 4.78 is 0.860. The number of hydrogen-bond donors (Lipinski definition) is 3. The van der Waals surface area contributed by atoms with Crippen LogP contribution in [0.5, 0.6) is 0 Å². The van der Waals surface area contributed by atoms with Gasteiger partial charge in [0.1, 0.15) is 0 Å². The minimum Gasteiger partial charge on any atom is -0.350 e. The first-order valence-corrected chi connectivity index (χ1v) is 9.26. The van der Waals surface area contributed by atoms with Crippen molar-refractivity contribution in [3.05, 3.63) is 63.6 Å². The van der Waals surface area contributed by atoms with Crippen molar-refractivity contribution in [3.8, 4) is 0 Å². The maximum atomic E-state index is 12.2. The van der Waals surface area contributed by atoms with Crippen molar-refractivity contribution in [3.63, 3.8) is 0 Å². The molecule has 2 amide bonds. The minimum atomic E-state index is -0.295. The second-order valence-electron chi connectivity index (χ2n) is 6.08. The van der Waals surface area contributed by atoms with Crippen LogP contribution in [0.1, 0.15) is 40.1 Å². The van der Waals surface area contributed by atoms with Crippen LogP contribution in [0, 0.1) is 6.92 Å². The Morgan fingerprint density at radius 2 is 1.62 bits per heavy atom. The van der Waals surface area contributed by atoms with Gasteiger partial charge in [-0.3, -0.25) is 14.9 Å². The van der Waals surface area contributed by atoms with E-state index in [1.54, 1.807) is 36.4 Å². The van der Waals surface area contributed by atoms with Gasteiger partial charge in [-0.25, -0.2) is 0 Å². The molecule has 7 heteroatoms. The number of benzene rings is 2. The number of carbonyl (C=O) groups is 2. The zero-order chi connectivity index (χ0) is 19.3. The van der Waals surface area contributed by atoms with Crippen LogP contribution in [0.3, 0.4) is 0 Å². The van der Waals surface area contributed by atoms with E-state index in [-0.39, 0.29) is 23.0 Å². The Hall–Kier alpha value is -2.25. The average molecular weight is 434 g/mol. The van der Waals surface area contributed by atoms with Crippen LogP contribution < -0.4 is 16.0 Å². The van der Waals surface area contributed by atoms with Crippen molar-refractivity contribution >= 4 is 50.8 Å². The van der Waals surface area contributed by atoms with Gasteiger partial charge >= 0.3 is 0 Å². The van der Waals surface area contributed by atoms with Gasteiger partial charge in [0.15, 0.2) is 5.11 Å². The SMILES string of the molecule is Cc1ccc(C(=O)NC(=S)Nc2ccc(C(=O)NC(C)C)cc2)cc1Br. The van der Waals surface area contributed by atoms with Crippen LogP contribution >= 0.6 is 28.1 Å². The number of thiocarbonyl (C=S) groups is 1. The molecule has 0 unspecified atom stereocenters. The predicted octanol–water partition coefficient (Wildman–Crippen LogP) is 4.02. The fourth-order valence-electron chi connectivity index (χ4n) is 2.12. The Morgan fingerprint density at radius 3 is 2.19 bits per heavy atom. The Kier molecular flexibility index (Phi) is 6.88.